The van der Waals surface area contributed by atoms with Gasteiger partial charge in [0.15, 0.2) is 6.29 Å². The minimum absolute atomic E-state index is 0.0335. The molecule has 0 bridgehead atoms. The smallest absolute Gasteiger partial charge is 0.230 e. The summed E-state index contributed by atoms with van der Waals surface area (Å²) in [4.78, 5) is 13.4. The van der Waals surface area contributed by atoms with Crippen LogP contribution < -0.4 is 10.6 Å². The summed E-state index contributed by atoms with van der Waals surface area (Å²) in [6.07, 6.45) is 4.11. The minimum Gasteiger partial charge on any atom is -0.364 e. The molecule has 11 heteroatoms. The van der Waals surface area contributed by atoms with Crippen molar-refractivity contribution in [1.82, 2.24) is 24.5 Å². The first kappa shape index (κ1) is 20.2. The van der Waals surface area contributed by atoms with Crippen LogP contribution in [-0.2, 0) is 24.7 Å². The fourth-order valence-electron chi connectivity index (χ4n) is 4.19. The molecule has 1 atom stereocenters. The van der Waals surface area contributed by atoms with Crippen LogP contribution in [0.2, 0.25) is 0 Å². The summed E-state index contributed by atoms with van der Waals surface area (Å²) in [5.41, 5.74) is 2.22. The number of amides is 1. The number of carbonyl (C=O) groups is 1. The molecule has 0 aliphatic heterocycles. The van der Waals surface area contributed by atoms with E-state index in [4.69, 9.17) is 0 Å². The van der Waals surface area contributed by atoms with Crippen molar-refractivity contribution in [2.24, 2.45) is 13.0 Å². The lowest BCUT2D eigenvalue weighted by molar-refractivity contribution is -0.117. The Kier molecular flexibility index (Phi) is 5.03. The number of hydrogen-bond donors (Lipinski definition) is 4. The highest BCUT2D eigenvalue weighted by Gasteiger charge is 2.34. The molecule has 2 aliphatic carbocycles. The number of nitrogens with zero attached hydrogens (tertiary/aromatic N) is 5. The van der Waals surface area contributed by atoms with Gasteiger partial charge in [-0.05, 0) is 44.6 Å². The van der Waals surface area contributed by atoms with E-state index in [1.165, 1.54) is 11.3 Å². The van der Waals surface area contributed by atoms with Crippen LogP contribution in [0.15, 0.2) is 12.4 Å². The second kappa shape index (κ2) is 7.74. The number of fused-ring (bicyclic) bond motifs is 1. The van der Waals surface area contributed by atoms with Gasteiger partial charge in [0, 0.05) is 35.5 Å². The van der Waals surface area contributed by atoms with Gasteiger partial charge < -0.3 is 20.8 Å². The summed E-state index contributed by atoms with van der Waals surface area (Å²) in [5, 5.41) is 39.6. The summed E-state index contributed by atoms with van der Waals surface area (Å²) >= 11 is 1.45. The van der Waals surface area contributed by atoms with Crippen molar-refractivity contribution in [3.05, 3.63) is 34.1 Å². The number of anilines is 3. The maximum absolute atomic E-state index is 12.3. The Labute approximate surface area is 182 Å². The van der Waals surface area contributed by atoms with E-state index in [-0.39, 0.29) is 17.9 Å². The lowest BCUT2D eigenvalue weighted by Crippen LogP contribution is -2.20. The van der Waals surface area contributed by atoms with Gasteiger partial charge in [-0.3, -0.25) is 14.0 Å². The predicted octanol–water partition coefficient (Wildman–Crippen LogP) is 2.19. The number of aliphatic hydroxyl groups is 2. The Hall–Kier alpha value is -2.76. The van der Waals surface area contributed by atoms with Crippen LogP contribution in [0.5, 0.6) is 0 Å². The fourth-order valence-corrected chi connectivity index (χ4v) is 5.47. The van der Waals surface area contributed by atoms with Crippen molar-refractivity contribution in [3.63, 3.8) is 0 Å². The minimum atomic E-state index is -1.64. The van der Waals surface area contributed by atoms with Crippen molar-refractivity contribution in [2.75, 3.05) is 10.6 Å². The molecule has 1 unspecified atom stereocenters. The number of nitrogens with one attached hydrogen (secondary N) is 2. The molecule has 0 spiro atoms. The average Bonchev–Trinajstić information content (AvgIpc) is 3.25. The van der Waals surface area contributed by atoms with E-state index in [0.717, 1.165) is 47.6 Å². The van der Waals surface area contributed by atoms with Gasteiger partial charge in [-0.1, -0.05) is 0 Å². The lowest BCUT2D eigenvalue weighted by atomic mass is 9.91. The van der Waals surface area contributed by atoms with E-state index in [0.29, 0.717) is 22.9 Å². The van der Waals surface area contributed by atoms with Crippen molar-refractivity contribution < 1.29 is 15.0 Å². The Morgan fingerprint density at radius 1 is 1.32 bits per heavy atom. The molecule has 2 aliphatic rings. The van der Waals surface area contributed by atoms with Gasteiger partial charge in [0.05, 0.1) is 5.69 Å². The molecule has 3 heterocycles. The number of rotatable bonds is 6. The molecule has 4 N–H and O–H groups in total. The van der Waals surface area contributed by atoms with Gasteiger partial charge in [-0.25, -0.2) is 0 Å². The molecular formula is C20H25N7O3S. The van der Waals surface area contributed by atoms with E-state index < -0.39 is 6.29 Å². The van der Waals surface area contributed by atoms with Crippen molar-refractivity contribution in [3.8, 4) is 0 Å². The van der Waals surface area contributed by atoms with Gasteiger partial charge in [-0.2, -0.15) is 5.10 Å². The van der Waals surface area contributed by atoms with Crippen molar-refractivity contribution in [2.45, 2.75) is 51.4 Å². The monoisotopic (exact) mass is 443 g/mol. The molecule has 1 amide bonds. The maximum atomic E-state index is 12.3. The van der Waals surface area contributed by atoms with Crippen molar-refractivity contribution >= 4 is 34.0 Å². The Balaban J connectivity index is 1.41. The first-order chi connectivity index (χ1) is 14.9. The van der Waals surface area contributed by atoms with Crippen LogP contribution >= 0.6 is 11.3 Å². The number of thiophene rings is 1. The molecule has 5 rings (SSSR count). The van der Waals surface area contributed by atoms with Gasteiger partial charge >= 0.3 is 0 Å². The third-order valence-corrected chi connectivity index (χ3v) is 7.15. The normalized spacial score (nSPS) is 18.3. The highest BCUT2D eigenvalue weighted by atomic mass is 32.1. The standard InChI is InChI=1S/C20H25N7O3S/c1-10-7-15(26(2)25-10)22-20-24-21-9-27(20)12-5-6-14-13(8-12)16(19(29)30)18(31-14)23-17(28)11-3-4-11/h7,9,11-12,19,29-30H,3-6,8H2,1-2H3,(H,22,24)(H,23,28). The lowest BCUT2D eigenvalue weighted by Gasteiger charge is -2.25. The quantitative estimate of drug-likeness (QED) is 0.430. The zero-order chi connectivity index (χ0) is 21.7. The average molecular weight is 444 g/mol. The highest BCUT2D eigenvalue weighted by molar-refractivity contribution is 7.16. The summed E-state index contributed by atoms with van der Waals surface area (Å²) in [6, 6.07) is 1.99. The Morgan fingerprint density at radius 2 is 2.13 bits per heavy atom. The SMILES string of the molecule is Cc1cc(Nc2nncn2C2CCc3sc(NC(=O)C4CC4)c(C(O)O)c3C2)n(C)n1. The molecule has 10 nitrogen and oxygen atoms in total. The van der Waals surface area contributed by atoms with E-state index in [1.54, 1.807) is 11.0 Å². The number of aliphatic hydroxyl groups excluding tert-OH is 1. The van der Waals surface area contributed by atoms with Gasteiger partial charge in [0.25, 0.3) is 0 Å². The van der Waals surface area contributed by atoms with Crippen molar-refractivity contribution in [1.29, 1.82) is 0 Å². The zero-order valence-electron chi connectivity index (χ0n) is 17.4. The van der Waals surface area contributed by atoms with Crippen LogP contribution in [0.3, 0.4) is 0 Å². The van der Waals surface area contributed by atoms with Crippen LogP contribution in [0, 0.1) is 12.8 Å². The van der Waals surface area contributed by atoms with E-state index in [2.05, 4.69) is 25.9 Å². The molecular weight excluding hydrogens is 418 g/mol. The molecule has 164 valence electrons. The van der Waals surface area contributed by atoms with Crippen LogP contribution in [0.4, 0.5) is 16.8 Å². The topological polar surface area (TPSA) is 130 Å². The Bertz CT molecular complexity index is 1130. The molecule has 0 saturated heterocycles. The summed E-state index contributed by atoms with van der Waals surface area (Å²) in [7, 11) is 1.86. The summed E-state index contributed by atoms with van der Waals surface area (Å²) in [5.74, 6) is 1.45. The van der Waals surface area contributed by atoms with E-state index in [9.17, 15) is 15.0 Å². The van der Waals surface area contributed by atoms with E-state index in [1.807, 2.05) is 24.6 Å². The highest BCUT2D eigenvalue weighted by Crippen LogP contribution is 2.44. The maximum Gasteiger partial charge on any atom is 0.230 e. The number of hydrogen-bond acceptors (Lipinski definition) is 8. The summed E-state index contributed by atoms with van der Waals surface area (Å²) < 4.78 is 3.74. The molecule has 31 heavy (non-hydrogen) atoms. The molecule has 3 aromatic rings. The molecule has 0 radical (unpaired) electrons. The molecule has 0 aromatic carbocycles. The number of aromatic nitrogens is 5. The third-order valence-electron chi connectivity index (χ3n) is 5.93. The third kappa shape index (κ3) is 3.84. The molecule has 3 aromatic heterocycles. The fraction of sp³-hybridized carbons (Fsp3) is 0.500. The van der Waals surface area contributed by atoms with Gasteiger partial charge in [0.1, 0.15) is 17.1 Å². The van der Waals surface area contributed by atoms with Crippen LogP contribution in [-0.4, -0.2) is 40.7 Å². The number of carbonyl (C=O) groups excluding carboxylic acids is 1. The first-order valence-electron chi connectivity index (χ1n) is 10.4. The largest absolute Gasteiger partial charge is 0.364 e. The molecule has 1 saturated carbocycles. The van der Waals surface area contributed by atoms with E-state index >= 15 is 0 Å². The molecule has 1 fully saturated rings. The van der Waals surface area contributed by atoms with Gasteiger partial charge in [0.2, 0.25) is 11.9 Å². The summed E-state index contributed by atoms with van der Waals surface area (Å²) in [6.45, 7) is 1.93. The predicted molar refractivity (Wildman–Crippen MR) is 115 cm³/mol. The van der Waals surface area contributed by atoms with Crippen LogP contribution in [0.1, 0.15) is 53.3 Å². The first-order valence-corrected chi connectivity index (χ1v) is 11.2. The zero-order valence-corrected chi connectivity index (χ0v) is 18.2. The Morgan fingerprint density at radius 3 is 2.81 bits per heavy atom. The number of aryl methyl sites for hydroxylation is 3. The van der Waals surface area contributed by atoms with Gasteiger partial charge in [-0.15, -0.1) is 21.5 Å². The second-order valence-electron chi connectivity index (χ2n) is 8.26. The van der Waals surface area contributed by atoms with Crippen LogP contribution in [0.25, 0.3) is 0 Å². The second-order valence-corrected chi connectivity index (χ2v) is 9.37.